The highest BCUT2D eigenvalue weighted by atomic mass is 35.5. The summed E-state index contributed by atoms with van der Waals surface area (Å²) >= 11 is 5.88. The van der Waals surface area contributed by atoms with Gasteiger partial charge in [0.2, 0.25) is 5.78 Å². The van der Waals surface area contributed by atoms with E-state index in [1.807, 2.05) is 29.0 Å². The van der Waals surface area contributed by atoms with E-state index in [1.54, 1.807) is 12.1 Å². The predicted octanol–water partition coefficient (Wildman–Crippen LogP) is 2.68. The van der Waals surface area contributed by atoms with Crippen molar-refractivity contribution in [3.63, 3.8) is 0 Å². The molecule has 1 aromatic carbocycles. The van der Waals surface area contributed by atoms with Crippen LogP contribution in [0.4, 0.5) is 0 Å². The number of carbonyl (C=O) groups excluding carboxylic acids is 1. The molecule has 0 aliphatic carbocycles. The van der Waals surface area contributed by atoms with Gasteiger partial charge in [-0.05, 0) is 30.3 Å². The van der Waals surface area contributed by atoms with Crippen molar-refractivity contribution in [2.24, 2.45) is 0 Å². The normalized spacial score (nSPS) is 12.8. The maximum atomic E-state index is 11.8. The standard InChI is InChI=1S/C11H6ClNO/c12-7-3-4-8-10(6-7)13-5-1-2-9(13)11(8)14/h1-6H. The Balaban J connectivity index is 2.40. The Kier molecular flexibility index (Phi) is 1.39. The van der Waals surface area contributed by atoms with Crippen LogP contribution in [0.15, 0.2) is 36.5 Å². The van der Waals surface area contributed by atoms with Crippen LogP contribution < -0.4 is 0 Å². The molecule has 0 N–H and O–H groups in total. The number of carbonyl (C=O) groups is 1. The second-order valence-corrected chi connectivity index (χ2v) is 3.69. The molecule has 2 nitrogen and oxygen atoms in total. The van der Waals surface area contributed by atoms with Crippen molar-refractivity contribution in [2.45, 2.75) is 0 Å². The van der Waals surface area contributed by atoms with Gasteiger partial charge in [-0.2, -0.15) is 0 Å². The lowest BCUT2D eigenvalue weighted by Crippen LogP contribution is -1.93. The number of aromatic nitrogens is 1. The Bertz CT molecular complexity index is 542. The van der Waals surface area contributed by atoms with E-state index in [-0.39, 0.29) is 5.78 Å². The number of rotatable bonds is 0. The van der Waals surface area contributed by atoms with E-state index in [9.17, 15) is 4.79 Å². The van der Waals surface area contributed by atoms with Crippen molar-refractivity contribution in [3.05, 3.63) is 52.8 Å². The Hall–Kier alpha value is -1.54. The van der Waals surface area contributed by atoms with Crippen LogP contribution in [0, 0.1) is 0 Å². The van der Waals surface area contributed by atoms with Crippen LogP contribution in [0.25, 0.3) is 5.69 Å². The van der Waals surface area contributed by atoms with E-state index in [4.69, 9.17) is 11.6 Å². The van der Waals surface area contributed by atoms with Crippen LogP contribution in [0.1, 0.15) is 16.1 Å². The van der Waals surface area contributed by atoms with Crippen molar-refractivity contribution in [1.82, 2.24) is 4.57 Å². The summed E-state index contributed by atoms with van der Waals surface area (Å²) in [5.41, 5.74) is 2.31. The lowest BCUT2D eigenvalue weighted by Gasteiger charge is -2.00. The molecule has 2 aromatic rings. The second-order valence-electron chi connectivity index (χ2n) is 3.25. The van der Waals surface area contributed by atoms with E-state index in [2.05, 4.69) is 0 Å². The molecule has 0 fully saturated rings. The summed E-state index contributed by atoms with van der Waals surface area (Å²) in [4.78, 5) is 11.8. The zero-order valence-electron chi connectivity index (χ0n) is 7.20. The number of hydrogen-bond acceptors (Lipinski definition) is 1. The lowest BCUT2D eigenvalue weighted by molar-refractivity contribution is 0.104. The third-order valence-corrected chi connectivity index (χ3v) is 2.68. The van der Waals surface area contributed by atoms with Gasteiger partial charge in [0, 0.05) is 16.8 Å². The fourth-order valence-corrected chi connectivity index (χ4v) is 1.98. The number of nitrogens with zero attached hydrogens (tertiary/aromatic N) is 1. The number of hydrogen-bond donors (Lipinski definition) is 0. The van der Waals surface area contributed by atoms with Crippen molar-refractivity contribution in [1.29, 1.82) is 0 Å². The summed E-state index contributed by atoms with van der Waals surface area (Å²) in [5.74, 6) is 0.0710. The molecular weight excluding hydrogens is 198 g/mol. The van der Waals surface area contributed by atoms with Gasteiger partial charge in [-0.1, -0.05) is 11.6 Å². The largest absolute Gasteiger partial charge is 0.313 e. The Morgan fingerprint density at radius 2 is 2.07 bits per heavy atom. The summed E-state index contributed by atoms with van der Waals surface area (Å²) in [6, 6.07) is 9.00. The van der Waals surface area contributed by atoms with Gasteiger partial charge in [0.25, 0.3) is 0 Å². The van der Waals surface area contributed by atoms with Gasteiger partial charge in [0.05, 0.1) is 11.4 Å². The molecule has 14 heavy (non-hydrogen) atoms. The Labute approximate surface area is 85.7 Å². The minimum absolute atomic E-state index is 0.0710. The summed E-state index contributed by atoms with van der Waals surface area (Å²) in [6.45, 7) is 0. The molecule has 0 saturated heterocycles. The van der Waals surface area contributed by atoms with E-state index < -0.39 is 0 Å². The van der Waals surface area contributed by atoms with Crippen LogP contribution in [-0.4, -0.2) is 10.4 Å². The maximum Gasteiger partial charge on any atom is 0.211 e. The molecule has 0 unspecified atom stereocenters. The molecular formula is C11H6ClNO. The van der Waals surface area contributed by atoms with Crippen LogP contribution in [0.5, 0.6) is 0 Å². The molecule has 68 valence electrons. The van der Waals surface area contributed by atoms with E-state index in [0.29, 0.717) is 10.7 Å². The van der Waals surface area contributed by atoms with Crippen LogP contribution in [-0.2, 0) is 0 Å². The predicted molar refractivity (Wildman–Crippen MR) is 54.2 cm³/mol. The highest BCUT2D eigenvalue weighted by Crippen LogP contribution is 2.29. The first-order valence-corrected chi connectivity index (χ1v) is 4.67. The Morgan fingerprint density at radius 1 is 1.21 bits per heavy atom. The SMILES string of the molecule is O=C1c2ccc(Cl)cc2-n2cccc21. The topological polar surface area (TPSA) is 22.0 Å². The third kappa shape index (κ3) is 0.836. The monoisotopic (exact) mass is 203 g/mol. The molecule has 0 radical (unpaired) electrons. The first-order chi connectivity index (χ1) is 6.77. The van der Waals surface area contributed by atoms with E-state index in [1.165, 1.54) is 0 Å². The van der Waals surface area contributed by atoms with Crippen molar-refractivity contribution in [2.75, 3.05) is 0 Å². The first kappa shape index (κ1) is 7.83. The highest BCUT2D eigenvalue weighted by molar-refractivity contribution is 6.31. The van der Waals surface area contributed by atoms with Crippen molar-refractivity contribution >= 4 is 17.4 Å². The maximum absolute atomic E-state index is 11.8. The average molecular weight is 204 g/mol. The molecule has 1 aliphatic rings. The molecule has 3 rings (SSSR count). The molecule has 2 heterocycles. The first-order valence-electron chi connectivity index (χ1n) is 4.29. The molecule has 1 aromatic heterocycles. The van der Waals surface area contributed by atoms with Crippen molar-refractivity contribution < 1.29 is 4.79 Å². The minimum atomic E-state index is 0.0710. The van der Waals surface area contributed by atoms with Gasteiger partial charge in [-0.15, -0.1) is 0 Å². The zero-order valence-corrected chi connectivity index (χ0v) is 7.95. The quantitative estimate of drug-likeness (QED) is 0.551. The Morgan fingerprint density at radius 3 is 2.93 bits per heavy atom. The molecule has 0 bridgehead atoms. The van der Waals surface area contributed by atoms with Crippen molar-refractivity contribution in [3.8, 4) is 5.69 Å². The number of fused-ring (bicyclic) bond motifs is 3. The van der Waals surface area contributed by atoms with Gasteiger partial charge in [0.15, 0.2) is 0 Å². The van der Waals surface area contributed by atoms with Gasteiger partial charge >= 0.3 is 0 Å². The fraction of sp³-hybridized carbons (Fsp3) is 0. The summed E-state index contributed by atoms with van der Waals surface area (Å²) in [7, 11) is 0. The minimum Gasteiger partial charge on any atom is -0.313 e. The summed E-state index contributed by atoms with van der Waals surface area (Å²) in [5, 5.41) is 0.651. The van der Waals surface area contributed by atoms with Crippen LogP contribution in [0.2, 0.25) is 5.02 Å². The molecule has 0 atom stereocenters. The molecule has 0 amide bonds. The van der Waals surface area contributed by atoms with Gasteiger partial charge in [-0.25, -0.2) is 0 Å². The number of benzene rings is 1. The average Bonchev–Trinajstić information content (AvgIpc) is 2.71. The molecule has 0 saturated carbocycles. The van der Waals surface area contributed by atoms with Crippen LogP contribution >= 0.6 is 11.6 Å². The fourth-order valence-electron chi connectivity index (χ4n) is 1.81. The highest BCUT2D eigenvalue weighted by Gasteiger charge is 2.25. The number of halogens is 1. The van der Waals surface area contributed by atoms with E-state index in [0.717, 1.165) is 11.3 Å². The summed E-state index contributed by atoms with van der Waals surface area (Å²) in [6.07, 6.45) is 1.87. The lowest BCUT2D eigenvalue weighted by atomic mass is 10.1. The molecule has 0 spiro atoms. The third-order valence-electron chi connectivity index (χ3n) is 2.45. The number of ketones is 1. The van der Waals surface area contributed by atoms with E-state index >= 15 is 0 Å². The van der Waals surface area contributed by atoms with Crippen LogP contribution in [0.3, 0.4) is 0 Å². The molecule has 1 aliphatic heterocycles. The zero-order chi connectivity index (χ0) is 9.71. The van der Waals surface area contributed by atoms with Gasteiger partial charge in [-0.3, -0.25) is 4.79 Å². The second kappa shape index (κ2) is 2.49. The molecule has 3 heteroatoms. The van der Waals surface area contributed by atoms with Gasteiger partial charge in [0.1, 0.15) is 0 Å². The smallest absolute Gasteiger partial charge is 0.211 e. The summed E-state index contributed by atoms with van der Waals surface area (Å²) < 4.78 is 1.86. The van der Waals surface area contributed by atoms with Gasteiger partial charge < -0.3 is 4.57 Å².